The Kier molecular flexibility index (Phi) is 9.87. The Bertz CT molecular complexity index is 523. The highest BCUT2D eigenvalue weighted by Crippen LogP contribution is 2.25. The number of amides is 1. The SMILES string of the molecule is CCCCCCCNC(=S)NC(=O)COc1ccc(C)cc1Br. The maximum Gasteiger partial charge on any atom is 0.264 e. The predicted octanol–water partition coefficient (Wildman–Crippen LogP) is 4.10. The lowest BCUT2D eigenvalue weighted by atomic mass is 10.1. The van der Waals surface area contributed by atoms with E-state index in [9.17, 15) is 4.79 Å². The van der Waals surface area contributed by atoms with Crippen molar-refractivity contribution in [3.05, 3.63) is 28.2 Å². The Labute approximate surface area is 152 Å². The molecule has 0 bridgehead atoms. The molecule has 0 saturated carbocycles. The van der Waals surface area contributed by atoms with Crippen LogP contribution in [0, 0.1) is 6.92 Å². The number of hydrogen-bond acceptors (Lipinski definition) is 3. The summed E-state index contributed by atoms with van der Waals surface area (Å²) in [6, 6.07) is 5.71. The molecular weight excluding hydrogens is 376 g/mol. The van der Waals surface area contributed by atoms with Gasteiger partial charge in [0.25, 0.3) is 5.91 Å². The third kappa shape index (κ3) is 8.91. The van der Waals surface area contributed by atoms with Gasteiger partial charge in [0.05, 0.1) is 4.47 Å². The summed E-state index contributed by atoms with van der Waals surface area (Å²) in [6.07, 6.45) is 5.99. The van der Waals surface area contributed by atoms with Gasteiger partial charge in [0.2, 0.25) is 0 Å². The number of unbranched alkanes of at least 4 members (excludes halogenated alkanes) is 4. The lowest BCUT2D eigenvalue weighted by Crippen LogP contribution is -2.41. The summed E-state index contributed by atoms with van der Waals surface area (Å²) < 4.78 is 6.31. The fourth-order valence-electron chi connectivity index (χ4n) is 2.00. The van der Waals surface area contributed by atoms with Crippen LogP contribution in [0.4, 0.5) is 0 Å². The highest BCUT2D eigenvalue weighted by atomic mass is 79.9. The number of thiocarbonyl (C=S) groups is 1. The molecule has 4 nitrogen and oxygen atoms in total. The number of hydrogen-bond donors (Lipinski definition) is 2. The van der Waals surface area contributed by atoms with E-state index in [0.29, 0.717) is 10.9 Å². The fourth-order valence-corrected chi connectivity index (χ4v) is 2.83. The quantitative estimate of drug-likeness (QED) is 0.483. The first-order chi connectivity index (χ1) is 11.0. The van der Waals surface area contributed by atoms with E-state index in [1.54, 1.807) is 0 Å². The molecule has 0 aliphatic rings. The molecule has 0 heterocycles. The zero-order valence-corrected chi connectivity index (χ0v) is 16.2. The van der Waals surface area contributed by atoms with E-state index in [2.05, 4.69) is 33.5 Å². The van der Waals surface area contributed by atoms with Gasteiger partial charge in [0.15, 0.2) is 11.7 Å². The fraction of sp³-hybridized carbons (Fsp3) is 0.529. The summed E-state index contributed by atoms with van der Waals surface area (Å²) in [4.78, 5) is 11.8. The van der Waals surface area contributed by atoms with E-state index in [-0.39, 0.29) is 12.5 Å². The van der Waals surface area contributed by atoms with Gasteiger partial charge in [0.1, 0.15) is 5.75 Å². The van der Waals surface area contributed by atoms with Crippen LogP contribution in [-0.2, 0) is 4.79 Å². The van der Waals surface area contributed by atoms with Crippen LogP contribution in [-0.4, -0.2) is 24.2 Å². The van der Waals surface area contributed by atoms with Crippen molar-refractivity contribution in [1.29, 1.82) is 0 Å². The topological polar surface area (TPSA) is 50.4 Å². The van der Waals surface area contributed by atoms with Crippen LogP contribution in [0.25, 0.3) is 0 Å². The Balaban J connectivity index is 2.19. The first-order valence-electron chi connectivity index (χ1n) is 7.99. The average Bonchev–Trinajstić information content (AvgIpc) is 2.50. The Morgan fingerprint density at radius 2 is 2.00 bits per heavy atom. The summed E-state index contributed by atoms with van der Waals surface area (Å²) in [7, 11) is 0. The van der Waals surface area contributed by atoms with Crippen molar-refractivity contribution in [2.45, 2.75) is 46.0 Å². The Morgan fingerprint density at radius 1 is 1.26 bits per heavy atom. The maximum atomic E-state index is 11.8. The van der Waals surface area contributed by atoms with Gasteiger partial charge in [-0.05, 0) is 59.2 Å². The molecule has 1 amide bonds. The van der Waals surface area contributed by atoms with E-state index in [1.165, 1.54) is 25.7 Å². The number of ether oxygens (including phenoxy) is 1. The van der Waals surface area contributed by atoms with E-state index in [0.717, 1.165) is 23.0 Å². The molecule has 0 saturated heterocycles. The molecule has 1 aromatic rings. The largest absolute Gasteiger partial charge is 0.483 e. The minimum atomic E-state index is -0.263. The molecular formula is C17H25BrN2O2S. The minimum Gasteiger partial charge on any atom is -0.483 e. The third-order valence-corrected chi connectivity index (χ3v) is 4.13. The van der Waals surface area contributed by atoms with Crippen molar-refractivity contribution >= 4 is 39.2 Å². The zero-order chi connectivity index (χ0) is 17.1. The van der Waals surface area contributed by atoms with Gasteiger partial charge in [-0.15, -0.1) is 0 Å². The van der Waals surface area contributed by atoms with Crippen molar-refractivity contribution in [2.75, 3.05) is 13.2 Å². The van der Waals surface area contributed by atoms with Crippen molar-refractivity contribution in [3.8, 4) is 5.75 Å². The van der Waals surface area contributed by atoms with Crippen molar-refractivity contribution < 1.29 is 9.53 Å². The van der Waals surface area contributed by atoms with Crippen LogP contribution in [0.1, 0.15) is 44.6 Å². The molecule has 23 heavy (non-hydrogen) atoms. The summed E-state index contributed by atoms with van der Waals surface area (Å²) in [5.41, 5.74) is 1.12. The van der Waals surface area contributed by atoms with Gasteiger partial charge in [-0.25, -0.2) is 0 Å². The molecule has 128 valence electrons. The van der Waals surface area contributed by atoms with Crippen LogP contribution in [0.15, 0.2) is 22.7 Å². The number of halogens is 1. The number of carbonyl (C=O) groups excluding carboxylic acids is 1. The summed E-state index contributed by atoms with van der Waals surface area (Å²) >= 11 is 8.51. The summed E-state index contributed by atoms with van der Waals surface area (Å²) in [6.45, 7) is 4.90. The molecule has 0 unspecified atom stereocenters. The average molecular weight is 401 g/mol. The second kappa shape index (κ2) is 11.4. The molecule has 0 radical (unpaired) electrons. The molecule has 0 aliphatic carbocycles. The molecule has 0 aromatic heterocycles. The molecule has 0 atom stereocenters. The highest BCUT2D eigenvalue weighted by molar-refractivity contribution is 9.10. The Morgan fingerprint density at radius 3 is 2.70 bits per heavy atom. The van der Waals surface area contributed by atoms with Crippen LogP contribution in [0.5, 0.6) is 5.75 Å². The van der Waals surface area contributed by atoms with Crippen molar-refractivity contribution in [3.63, 3.8) is 0 Å². The smallest absolute Gasteiger partial charge is 0.264 e. The predicted molar refractivity (Wildman–Crippen MR) is 102 cm³/mol. The molecule has 1 rings (SSSR count). The van der Waals surface area contributed by atoms with E-state index < -0.39 is 0 Å². The van der Waals surface area contributed by atoms with Crippen LogP contribution in [0.2, 0.25) is 0 Å². The highest BCUT2D eigenvalue weighted by Gasteiger charge is 2.07. The summed E-state index contributed by atoms with van der Waals surface area (Å²) in [5, 5.41) is 6.02. The maximum absolute atomic E-state index is 11.8. The van der Waals surface area contributed by atoms with E-state index in [1.807, 2.05) is 25.1 Å². The lowest BCUT2D eigenvalue weighted by Gasteiger charge is -2.11. The first-order valence-corrected chi connectivity index (χ1v) is 9.19. The van der Waals surface area contributed by atoms with Gasteiger partial charge >= 0.3 is 0 Å². The second-order valence-corrected chi connectivity index (χ2v) is 6.70. The van der Waals surface area contributed by atoms with Crippen LogP contribution in [0.3, 0.4) is 0 Å². The van der Waals surface area contributed by atoms with Gasteiger partial charge < -0.3 is 15.4 Å². The minimum absolute atomic E-state index is 0.0695. The zero-order valence-electron chi connectivity index (χ0n) is 13.8. The van der Waals surface area contributed by atoms with Gasteiger partial charge in [0, 0.05) is 6.54 Å². The first kappa shape index (κ1) is 19.9. The van der Waals surface area contributed by atoms with Gasteiger partial charge in [-0.1, -0.05) is 38.7 Å². The molecule has 2 N–H and O–H groups in total. The van der Waals surface area contributed by atoms with Gasteiger partial charge in [-0.2, -0.15) is 0 Å². The molecule has 0 spiro atoms. The van der Waals surface area contributed by atoms with Crippen molar-refractivity contribution in [2.24, 2.45) is 0 Å². The standard InChI is InChI=1S/C17H25BrN2O2S/c1-3-4-5-6-7-10-19-17(23)20-16(21)12-22-15-9-8-13(2)11-14(15)18/h8-9,11H,3-7,10,12H2,1-2H3,(H2,19,20,21,23). The van der Waals surface area contributed by atoms with Crippen molar-refractivity contribution in [1.82, 2.24) is 10.6 Å². The summed E-state index contributed by atoms with van der Waals surface area (Å²) in [5.74, 6) is 0.376. The third-order valence-electron chi connectivity index (χ3n) is 3.26. The normalized spacial score (nSPS) is 10.2. The van der Waals surface area contributed by atoms with Gasteiger partial charge in [-0.3, -0.25) is 4.79 Å². The van der Waals surface area contributed by atoms with Crippen LogP contribution >= 0.6 is 28.1 Å². The molecule has 6 heteroatoms. The van der Waals surface area contributed by atoms with E-state index in [4.69, 9.17) is 17.0 Å². The molecule has 1 aromatic carbocycles. The lowest BCUT2D eigenvalue weighted by molar-refractivity contribution is -0.121. The number of rotatable bonds is 9. The Hall–Kier alpha value is -1.14. The monoisotopic (exact) mass is 400 g/mol. The second-order valence-electron chi connectivity index (χ2n) is 5.44. The number of aryl methyl sites for hydroxylation is 1. The van der Waals surface area contributed by atoms with E-state index >= 15 is 0 Å². The number of carbonyl (C=O) groups is 1. The number of nitrogens with one attached hydrogen (secondary N) is 2. The molecule has 0 aliphatic heterocycles. The molecule has 0 fully saturated rings. The van der Waals surface area contributed by atoms with Crippen LogP contribution < -0.4 is 15.4 Å². The number of benzene rings is 1.